The summed E-state index contributed by atoms with van der Waals surface area (Å²) in [7, 11) is -3.64. The third-order valence-electron chi connectivity index (χ3n) is 2.68. The largest absolute Gasteiger partial charge is 0.365 e. The first-order valence-electron chi connectivity index (χ1n) is 6.11. The van der Waals surface area contributed by atoms with Crippen molar-refractivity contribution in [3.8, 4) is 0 Å². The second-order valence-electron chi connectivity index (χ2n) is 5.54. The standard InChI is InChI=1S/C13H16N2O3S3/c1-13(2,3)10-4-5-11(20-10)21(17,18)15-8-6-9(12(14)16)19-7-8/h4-7,15H,1-3H3,(H2,14,16). The van der Waals surface area contributed by atoms with Gasteiger partial charge in [0.2, 0.25) is 0 Å². The van der Waals surface area contributed by atoms with Crippen LogP contribution in [0, 0.1) is 0 Å². The first kappa shape index (κ1) is 16.0. The SMILES string of the molecule is CC(C)(C)c1ccc(S(=O)(=O)Nc2csc(C(N)=O)c2)s1. The third kappa shape index (κ3) is 3.63. The maximum atomic E-state index is 12.3. The van der Waals surface area contributed by atoms with Gasteiger partial charge < -0.3 is 5.73 Å². The van der Waals surface area contributed by atoms with Crippen molar-refractivity contribution in [1.29, 1.82) is 0 Å². The van der Waals surface area contributed by atoms with Gasteiger partial charge in [-0.05, 0) is 23.6 Å². The van der Waals surface area contributed by atoms with Gasteiger partial charge in [-0.25, -0.2) is 8.42 Å². The van der Waals surface area contributed by atoms with Crippen LogP contribution in [0.1, 0.15) is 35.3 Å². The van der Waals surface area contributed by atoms with E-state index >= 15 is 0 Å². The second-order valence-corrected chi connectivity index (χ2v) is 9.44. The fourth-order valence-corrected chi connectivity index (χ4v) is 4.76. The van der Waals surface area contributed by atoms with Crippen molar-refractivity contribution in [1.82, 2.24) is 0 Å². The summed E-state index contributed by atoms with van der Waals surface area (Å²) in [6, 6.07) is 4.85. The molecule has 0 saturated heterocycles. The Morgan fingerprint density at radius 3 is 2.43 bits per heavy atom. The molecule has 21 heavy (non-hydrogen) atoms. The van der Waals surface area contributed by atoms with Gasteiger partial charge in [0, 0.05) is 10.3 Å². The fraction of sp³-hybridized carbons (Fsp3) is 0.308. The van der Waals surface area contributed by atoms with E-state index in [2.05, 4.69) is 4.72 Å². The van der Waals surface area contributed by atoms with Crippen LogP contribution < -0.4 is 10.5 Å². The number of anilines is 1. The zero-order valence-electron chi connectivity index (χ0n) is 11.8. The molecule has 0 bridgehead atoms. The van der Waals surface area contributed by atoms with E-state index in [1.54, 1.807) is 11.4 Å². The van der Waals surface area contributed by atoms with Crippen molar-refractivity contribution in [3.05, 3.63) is 33.3 Å². The third-order valence-corrected chi connectivity index (χ3v) is 7.01. The molecule has 2 rings (SSSR count). The van der Waals surface area contributed by atoms with E-state index in [0.717, 1.165) is 16.2 Å². The Morgan fingerprint density at radius 1 is 1.29 bits per heavy atom. The number of thiophene rings is 2. The average Bonchev–Trinajstić information content (AvgIpc) is 2.94. The van der Waals surface area contributed by atoms with Crippen LogP contribution in [0.5, 0.6) is 0 Å². The molecule has 8 heteroatoms. The van der Waals surface area contributed by atoms with Crippen LogP contribution in [-0.2, 0) is 15.4 Å². The number of hydrogen-bond acceptors (Lipinski definition) is 5. The minimum absolute atomic E-state index is 0.0973. The molecule has 3 N–H and O–H groups in total. The summed E-state index contributed by atoms with van der Waals surface area (Å²) in [5.41, 5.74) is 5.40. The van der Waals surface area contributed by atoms with E-state index in [1.807, 2.05) is 26.8 Å². The summed E-state index contributed by atoms with van der Waals surface area (Å²) >= 11 is 2.35. The van der Waals surface area contributed by atoms with Crippen molar-refractivity contribution in [3.63, 3.8) is 0 Å². The van der Waals surface area contributed by atoms with E-state index in [1.165, 1.54) is 17.4 Å². The monoisotopic (exact) mass is 344 g/mol. The molecular weight excluding hydrogens is 328 g/mol. The van der Waals surface area contributed by atoms with Crippen molar-refractivity contribution >= 4 is 44.3 Å². The molecule has 0 fully saturated rings. The number of hydrogen-bond donors (Lipinski definition) is 2. The molecule has 1 amide bonds. The molecule has 0 radical (unpaired) electrons. The highest BCUT2D eigenvalue weighted by Gasteiger charge is 2.22. The Hall–Kier alpha value is -1.38. The molecule has 2 aromatic rings. The Kier molecular flexibility index (Phi) is 4.14. The van der Waals surface area contributed by atoms with Crippen molar-refractivity contribution in [2.45, 2.75) is 30.4 Å². The molecule has 0 saturated carbocycles. The Balaban J connectivity index is 2.25. The Labute approximate surface area is 131 Å². The Bertz CT molecular complexity index is 767. The fourth-order valence-electron chi connectivity index (χ4n) is 1.59. The first-order valence-corrected chi connectivity index (χ1v) is 9.29. The highest BCUT2D eigenvalue weighted by molar-refractivity contribution is 7.94. The van der Waals surface area contributed by atoms with Crippen molar-refractivity contribution in [2.75, 3.05) is 4.72 Å². The van der Waals surface area contributed by atoms with Crippen LogP contribution in [0.4, 0.5) is 5.69 Å². The smallest absolute Gasteiger partial charge is 0.271 e. The van der Waals surface area contributed by atoms with E-state index in [4.69, 9.17) is 5.73 Å². The lowest BCUT2D eigenvalue weighted by Gasteiger charge is -2.15. The topological polar surface area (TPSA) is 89.3 Å². The van der Waals surface area contributed by atoms with Gasteiger partial charge in [-0.1, -0.05) is 20.8 Å². The molecule has 0 aromatic carbocycles. The average molecular weight is 344 g/mol. The van der Waals surface area contributed by atoms with Gasteiger partial charge in [0.05, 0.1) is 10.6 Å². The number of nitrogens with two attached hydrogens (primary N) is 1. The van der Waals surface area contributed by atoms with E-state index in [9.17, 15) is 13.2 Å². The van der Waals surface area contributed by atoms with Gasteiger partial charge in [-0.15, -0.1) is 22.7 Å². The minimum atomic E-state index is -3.64. The highest BCUT2D eigenvalue weighted by atomic mass is 32.2. The minimum Gasteiger partial charge on any atom is -0.365 e. The van der Waals surface area contributed by atoms with Crippen LogP contribution in [0.2, 0.25) is 0 Å². The Morgan fingerprint density at radius 2 is 1.95 bits per heavy atom. The molecule has 0 aliphatic rings. The predicted molar refractivity (Wildman–Crippen MR) is 86.7 cm³/mol. The molecule has 0 aliphatic heterocycles. The summed E-state index contributed by atoms with van der Waals surface area (Å²) in [4.78, 5) is 12.3. The van der Waals surface area contributed by atoms with Gasteiger partial charge in [0.1, 0.15) is 4.21 Å². The summed E-state index contributed by atoms with van der Waals surface area (Å²) < 4.78 is 27.3. The lowest BCUT2D eigenvalue weighted by molar-refractivity contribution is 0.100. The molecular formula is C13H16N2O3S3. The van der Waals surface area contributed by atoms with E-state index in [-0.39, 0.29) is 9.62 Å². The van der Waals surface area contributed by atoms with E-state index < -0.39 is 15.9 Å². The molecule has 114 valence electrons. The van der Waals surface area contributed by atoms with Gasteiger partial charge in [0.15, 0.2) is 0 Å². The zero-order valence-corrected chi connectivity index (χ0v) is 14.3. The van der Waals surface area contributed by atoms with Crippen LogP contribution in [0.3, 0.4) is 0 Å². The van der Waals surface area contributed by atoms with Crippen LogP contribution in [0.15, 0.2) is 27.8 Å². The van der Waals surface area contributed by atoms with E-state index in [0.29, 0.717) is 10.6 Å². The molecule has 2 aromatic heterocycles. The summed E-state index contributed by atoms with van der Waals surface area (Å²) in [6.07, 6.45) is 0. The number of primary amides is 1. The zero-order chi connectivity index (χ0) is 15.8. The van der Waals surface area contributed by atoms with Crippen molar-refractivity contribution < 1.29 is 13.2 Å². The number of sulfonamides is 1. The van der Waals surface area contributed by atoms with Crippen LogP contribution >= 0.6 is 22.7 Å². The number of amides is 1. The lowest BCUT2D eigenvalue weighted by Crippen LogP contribution is -2.12. The molecule has 0 unspecified atom stereocenters. The molecule has 0 atom stereocenters. The summed E-state index contributed by atoms with van der Waals surface area (Å²) in [5.74, 6) is -0.573. The predicted octanol–water partition coefficient (Wildman–Crippen LogP) is 3.01. The summed E-state index contributed by atoms with van der Waals surface area (Å²) in [5, 5.41) is 1.55. The highest BCUT2D eigenvalue weighted by Crippen LogP contribution is 2.32. The van der Waals surface area contributed by atoms with Crippen LogP contribution in [0.25, 0.3) is 0 Å². The number of carbonyl (C=O) groups is 1. The molecule has 0 aliphatic carbocycles. The molecule has 0 spiro atoms. The molecule has 2 heterocycles. The maximum absolute atomic E-state index is 12.3. The van der Waals surface area contributed by atoms with Crippen LogP contribution in [-0.4, -0.2) is 14.3 Å². The molecule has 5 nitrogen and oxygen atoms in total. The number of nitrogens with one attached hydrogen (secondary N) is 1. The van der Waals surface area contributed by atoms with Gasteiger partial charge in [0.25, 0.3) is 15.9 Å². The second kappa shape index (κ2) is 5.43. The van der Waals surface area contributed by atoms with Crippen molar-refractivity contribution in [2.24, 2.45) is 5.73 Å². The number of carbonyl (C=O) groups excluding carboxylic acids is 1. The quantitative estimate of drug-likeness (QED) is 0.893. The van der Waals surface area contributed by atoms with Gasteiger partial charge >= 0.3 is 0 Å². The van der Waals surface area contributed by atoms with Gasteiger partial charge in [-0.3, -0.25) is 9.52 Å². The summed E-state index contributed by atoms with van der Waals surface area (Å²) in [6.45, 7) is 6.09. The first-order chi connectivity index (χ1) is 9.59. The lowest BCUT2D eigenvalue weighted by atomic mass is 9.95. The number of rotatable bonds is 4. The maximum Gasteiger partial charge on any atom is 0.271 e. The normalized spacial score (nSPS) is 12.3. The van der Waals surface area contributed by atoms with Gasteiger partial charge in [-0.2, -0.15) is 0 Å².